The fourth-order valence-corrected chi connectivity index (χ4v) is 3.42. The first-order valence-corrected chi connectivity index (χ1v) is 7.82. The Labute approximate surface area is 133 Å². The van der Waals surface area contributed by atoms with Gasteiger partial charge in [-0.25, -0.2) is 4.68 Å². The Bertz CT molecular complexity index is 698. The van der Waals surface area contributed by atoms with Crippen LogP contribution in [0.2, 0.25) is 0 Å². The maximum atomic E-state index is 12.9. The second-order valence-electron chi connectivity index (χ2n) is 6.07. The van der Waals surface area contributed by atoms with Gasteiger partial charge in [-0.05, 0) is 69.5 Å². The molecule has 0 unspecified atom stereocenters. The van der Waals surface area contributed by atoms with Gasteiger partial charge in [-0.2, -0.15) is 18.3 Å². The van der Waals surface area contributed by atoms with Crippen LogP contribution in [0.1, 0.15) is 41.3 Å². The minimum absolute atomic E-state index is 0.427. The predicted molar refractivity (Wildman–Crippen MR) is 82.9 cm³/mol. The number of alkyl halides is 3. The van der Waals surface area contributed by atoms with Crippen LogP contribution in [-0.4, -0.2) is 22.9 Å². The van der Waals surface area contributed by atoms with Crippen LogP contribution in [-0.2, 0) is 6.18 Å². The lowest BCUT2D eigenvalue weighted by Crippen LogP contribution is -2.27. The standard InChI is InChI=1S/C17H20F3N3/c1-11-16(13-6-8-21-9-7-13)12(2)23(22-11)15-5-3-4-14(10-15)17(18,19)20/h3-5,10,13,21H,6-9H2,1-2H3. The molecule has 6 heteroatoms. The van der Waals surface area contributed by atoms with Crippen molar-refractivity contribution in [1.29, 1.82) is 0 Å². The van der Waals surface area contributed by atoms with Crippen LogP contribution in [0.25, 0.3) is 5.69 Å². The summed E-state index contributed by atoms with van der Waals surface area (Å²) in [4.78, 5) is 0. The topological polar surface area (TPSA) is 29.9 Å². The van der Waals surface area contributed by atoms with Crippen molar-refractivity contribution in [3.05, 3.63) is 46.8 Å². The Balaban J connectivity index is 2.01. The van der Waals surface area contributed by atoms with Gasteiger partial charge in [0, 0.05) is 5.69 Å². The average Bonchev–Trinajstić information content (AvgIpc) is 2.82. The third-order valence-corrected chi connectivity index (χ3v) is 4.51. The molecule has 0 radical (unpaired) electrons. The molecule has 3 rings (SSSR count). The molecule has 0 amide bonds. The molecule has 3 nitrogen and oxygen atoms in total. The molecular formula is C17H20F3N3. The molecule has 1 N–H and O–H groups in total. The van der Waals surface area contributed by atoms with Crippen molar-refractivity contribution in [3.63, 3.8) is 0 Å². The lowest BCUT2D eigenvalue weighted by Gasteiger charge is -2.23. The second-order valence-corrected chi connectivity index (χ2v) is 6.07. The molecule has 1 fully saturated rings. The van der Waals surface area contributed by atoms with Gasteiger partial charge in [0.15, 0.2) is 0 Å². The van der Waals surface area contributed by atoms with Crippen LogP contribution in [0.4, 0.5) is 13.2 Å². The minimum Gasteiger partial charge on any atom is -0.317 e. The van der Waals surface area contributed by atoms with Gasteiger partial charge in [-0.3, -0.25) is 0 Å². The Morgan fingerprint density at radius 3 is 2.52 bits per heavy atom. The number of nitrogens with one attached hydrogen (secondary N) is 1. The molecule has 2 heterocycles. The maximum absolute atomic E-state index is 12.9. The van der Waals surface area contributed by atoms with E-state index in [1.54, 1.807) is 10.7 Å². The van der Waals surface area contributed by atoms with E-state index in [1.165, 1.54) is 11.6 Å². The van der Waals surface area contributed by atoms with E-state index >= 15 is 0 Å². The van der Waals surface area contributed by atoms with Gasteiger partial charge >= 0.3 is 6.18 Å². The SMILES string of the molecule is Cc1nn(-c2cccc(C(F)(F)F)c2)c(C)c1C1CCNCC1. The highest BCUT2D eigenvalue weighted by Crippen LogP contribution is 2.33. The number of halogens is 3. The molecule has 1 saturated heterocycles. The second kappa shape index (κ2) is 6.00. The first-order chi connectivity index (χ1) is 10.9. The monoisotopic (exact) mass is 323 g/mol. The molecule has 0 atom stereocenters. The minimum atomic E-state index is -4.34. The Kier molecular flexibility index (Phi) is 4.19. The van der Waals surface area contributed by atoms with E-state index in [1.807, 2.05) is 13.8 Å². The first kappa shape index (κ1) is 16.1. The zero-order valence-electron chi connectivity index (χ0n) is 13.2. The average molecular weight is 323 g/mol. The summed E-state index contributed by atoms with van der Waals surface area (Å²) in [5.74, 6) is 0.427. The van der Waals surface area contributed by atoms with Gasteiger partial charge in [-0.15, -0.1) is 0 Å². The van der Waals surface area contributed by atoms with Crippen molar-refractivity contribution in [2.75, 3.05) is 13.1 Å². The predicted octanol–water partition coefficient (Wildman–Crippen LogP) is 3.97. The van der Waals surface area contributed by atoms with Gasteiger partial charge in [0.1, 0.15) is 0 Å². The smallest absolute Gasteiger partial charge is 0.317 e. The molecule has 0 spiro atoms. The van der Waals surface area contributed by atoms with Crippen LogP contribution in [0, 0.1) is 13.8 Å². The highest BCUT2D eigenvalue weighted by molar-refractivity contribution is 5.41. The lowest BCUT2D eigenvalue weighted by atomic mass is 9.89. The summed E-state index contributed by atoms with van der Waals surface area (Å²) in [6.45, 7) is 5.82. The van der Waals surface area contributed by atoms with Crippen LogP contribution in [0.5, 0.6) is 0 Å². The molecule has 0 bridgehead atoms. The number of nitrogens with zero attached hydrogens (tertiary/aromatic N) is 2. The van der Waals surface area contributed by atoms with Gasteiger partial charge in [0.05, 0.1) is 16.9 Å². The maximum Gasteiger partial charge on any atom is 0.416 e. The van der Waals surface area contributed by atoms with E-state index < -0.39 is 11.7 Å². The Morgan fingerprint density at radius 1 is 1.17 bits per heavy atom. The number of aryl methyl sites for hydroxylation is 1. The van der Waals surface area contributed by atoms with E-state index in [-0.39, 0.29) is 0 Å². The van der Waals surface area contributed by atoms with Crippen molar-refractivity contribution in [1.82, 2.24) is 15.1 Å². The quantitative estimate of drug-likeness (QED) is 0.906. The summed E-state index contributed by atoms with van der Waals surface area (Å²) in [7, 11) is 0. The normalized spacial score (nSPS) is 16.7. The molecule has 0 saturated carbocycles. The van der Waals surface area contributed by atoms with E-state index in [2.05, 4.69) is 10.4 Å². The molecule has 23 heavy (non-hydrogen) atoms. The molecule has 1 aromatic heterocycles. The highest BCUT2D eigenvalue weighted by atomic mass is 19.4. The number of benzene rings is 1. The van der Waals surface area contributed by atoms with Gasteiger partial charge in [-0.1, -0.05) is 6.07 Å². The molecule has 0 aliphatic carbocycles. The summed E-state index contributed by atoms with van der Waals surface area (Å²) in [5.41, 5.74) is 2.84. The lowest BCUT2D eigenvalue weighted by molar-refractivity contribution is -0.137. The fraction of sp³-hybridized carbons (Fsp3) is 0.471. The third-order valence-electron chi connectivity index (χ3n) is 4.51. The summed E-state index contributed by atoms with van der Waals surface area (Å²) in [5, 5.41) is 7.84. The van der Waals surface area contributed by atoms with Crippen LogP contribution in [0.15, 0.2) is 24.3 Å². The molecule has 1 aliphatic heterocycles. The van der Waals surface area contributed by atoms with E-state index in [9.17, 15) is 13.2 Å². The van der Waals surface area contributed by atoms with Crippen molar-refractivity contribution in [2.24, 2.45) is 0 Å². The molecule has 2 aromatic rings. The van der Waals surface area contributed by atoms with E-state index in [0.29, 0.717) is 11.6 Å². The van der Waals surface area contributed by atoms with Crippen LogP contribution >= 0.6 is 0 Å². The van der Waals surface area contributed by atoms with E-state index in [0.717, 1.165) is 49.5 Å². The highest BCUT2D eigenvalue weighted by Gasteiger charge is 2.31. The number of rotatable bonds is 2. The largest absolute Gasteiger partial charge is 0.416 e. The first-order valence-electron chi connectivity index (χ1n) is 7.82. The van der Waals surface area contributed by atoms with Gasteiger partial charge < -0.3 is 5.32 Å². The van der Waals surface area contributed by atoms with E-state index in [4.69, 9.17) is 0 Å². The zero-order valence-corrected chi connectivity index (χ0v) is 13.2. The van der Waals surface area contributed by atoms with Crippen LogP contribution in [0.3, 0.4) is 0 Å². The van der Waals surface area contributed by atoms with Crippen molar-refractivity contribution in [3.8, 4) is 5.69 Å². The molecule has 124 valence electrons. The van der Waals surface area contributed by atoms with Gasteiger partial charge in [0.2, 0.25) is 0 Å². The number of hydrogen-bond donors (Lipinski definition) is 1. The number of aromatic nitrogens is 2. The van der Waals surface area contributed by atoms with Crippen molar-refractivity contribution >= 4 is 0 Å². The van der Waals surface area contributed by atoms with Crippen molar-refractivity contribution in [2.45, 2.75) is 38.8 Å². The van der Waals surface area contributed by atoms with Gasteiger partial charge in [0.25, 0.3) is 0 Å². The molecular weight excluding hydrogens is 303 g/mol. The summed E-state index contributed by atoms with van der Waals surface area (Å²) in [6, 6.07) is 5.34. The molecule has 1 aliphatic rings. The third kappa shape index (κ3) is 3.13. The fourth-order valence-electron chi connectivity index (χ4n) is 3.42. The Hall–Kier alpha value is -1.82. The van der Waals surface area contributed by atoms with Crippen molar-refractivity contribution < 1.29 is 13.2 Å². The van der Waals surface area contributed by atoms with Crippen LogP contribution < -0.4 is 5.32 Å². The summed E-state index contributed by atoms with van der Waals surface area (Å²) in [6.07, 6.45) is -2.27. The Morgan fingerprint density at radius 2 is 1.87 bits per heavy atom. The summed E-state index contributed by atoms with van der Waals surface area (Å²) >= 11 is 0. The zero-order chi connectivity index (χ0) is 16.6. The number of piperidine rings is 1. The number of hydrogen-bond acceptors (Lipinski definition) is 2. The molecule has 1 aromatic carbocycles. The summed E-state index contributed by atoms with van der Waals surface area (Å²) < 4.78 is 40.4.